The van der Waals surface area contributed by atoms with Crippen molar-refractivity contribution in [3.63, 3.8) is 0 Å². The topological polar surface area (TPSA) is 81.9 Å². The van der Waals surface area contributed by atoms with Crippen LogP contribution < -0.4 is 10.1 Å². The standard InChI is InChI=1S/C30H41N3O4/c1-9-29(6,7)36-18-17-30(8,10-2)37-23-14-11-21(12-15-23)27(35)31-22-13-16-25-32-24(20-33(25)19-22)26(34)28(3,4)5/h11-16,19-20H,9-10,17-18H2,1-8H3,(H,31,35). The third kappa shape index (κ3) is 7.41. The Bertz CT molecular complexity index is 1240. The summed E-state index contributed by atoms with van der Waals surface area (Å²) in [5.74, 6) is 0.456. The summed E-state index contributed by atoms with van der Waals surface area (Å²) in [5, 5.41) is 2.92. The smallest absolute Gasteiger partial charge is 0.255 e. The normalized spacial score (nSPS) is 13.8. The molecule has 1 aromatic carbocycles. The van der Waals surface area contributed by atoms with E-state index < -0.39 is 5.41 Å². The van der Waals surface area contributed by atoms with Gasteiger partial charge < -0.3 is 19.2 Å². The Morgan fingerprint density at radius 1 is 0.919 bits per heavy atom. The summed E-state index contributed by atoms with van der Waals surface area (Å²) >= 11 is 0. The number of aromatic nitrogens is 2. The number of nitrogens with one attached hydrogen (secondary N) is 1. The molecular formula is C30H41N3O4. The van der Waals surface area contributed by atoms with Crippen molar-refractivity contribution in [3.05, 3.63) is 60.0 Å². The lowest BCUT2D eigenvalue weighted by Gasteiger charge is -2.32. The van der Waals surface area contributed by atoms with Crippen molar-refractivity contribution in [2.24, 2.45) is 5.41 Å². The summed E-state index contributed by atoms with van der Waals surface area (Å²) < 4.78 is 14.1. The van der Waals surface area contributed by atoms with Crippen LogP contribution >= 0.6 is 0 Å². The number of anilines is 1. The van der Waals surface area contributed by atoms with Gasteiger partial charge in [0.1, 0.15) is 22.7 Å². The first-order valence-electron chi connectivity index (χ1n) is 13.0. The monoisotopic (exact) mass is 507 g/mol. The van der Waals surface area contributed by atoms with Gasteiger partial charge in [0.05, 0.1) is 17.9 Å². The van der Waals surface area contributed by atoms with E-state index in [0.717, 1.165) is 19.3 Å². The molecule has 1 N–H and O–H groups in total. The van der Waals surface area contributed by atoms with Crippen LogP contribution in [0, 0.1) is 5.41 Å². The molecule has 0 spiro atoms. The molecule has 200 valence electrons. The summed E-state index contributed by atoms with van der Waals surface area (Å²) in [4.78, 5) is 29.8. The molecule has 0 bridgehead atoms. The van der Waals surface area contributed by atoms with E-state index in [-0.39, 0.29) is 22.9 Å². The average Bonchev–Trinajstić information content (AvgIpc) is 3.26. The number of Topliss-reactive ketones (excluding diaryl/α,β-unsaturated/α-hetero) is 1. The van der Waals surface area contributed by atoms with Crippen LogP contribution in [-0.4, -0.2) is 38.9 Å². The van der Waals surface area contributed by atoms with E-state index >= 15 is 0 Å². The molecule has 0 fully saturated rings. The maximum atomic E-state index is 12.9. The molecule has 1 unspecified atom stereocenters. The van der Waals surface area contributed by atoms with Gasteiger partial charge in [-0.2, -0.15) is 0 Å². The highest BCUT2D eigenvalue weighted by molar-refractivity contribution is 6.04. The van der Waals surface area contributed by atoms with Gasteiger partial charge in [-0.15, -0.1) is 0 Å². The minimum Gasteiger partial charge on any atom is -0.488 e. The Labute approximate surface area is 220 Å². The number of benzene rings is 1. The Hall–Kier alpha value is -3.19. The van der Waals surface area contributed by atoms with Gasteiger partial charge >= 0.3 is 0 Å². The molecule has 2 heterocycles. The first kappa shape index (κ1) is 28.4. The third-order valence-corrected chi connectivity index (χ3v) is 6.83. The second-order valence-corrected chi connectivity index (χ2v) is 11.5. The van der Waals surface area contributed by atoms with E-state index in [2.05, 4.69) is 44.9 Å². The molecule has 37 heavy (non-hydrogen) atoms. The molecule has 2 aromatic heterocycles. The second kappa shape index (κ2) is 11.1. The number of carbonyl (C=O) groups is 2. The van der Waals surface area contributed by atoms with Crippen LogP contribution in [0.25, 0.3) is 5.65 Å². The number of amides is 1. The zero-order chi connectivity index (χ0) is 27.4. The summed E-state index contributed by atoms with van der Waals surface area (Å²) in [6, 6.07) is 10.7. The largest absolute Gasteiger partial charge is 0.488 e. The van der Waals surface area contributed by atoms with E-state index in [1.807, 2.05) is 32.9 Å². The molecule has 0 aliphatic rings. The zero-order valence-corrected chi connectivity index (χ0v) is 23.5. The van der Waals surface area contributed by atoms with Gasteiger partial charge in [0, 0.05) is 29.8 Å². The van der Waals surface area contributed by atoms with Gasteiger partial charge in [-0.25, -0.2) is 4.98 Å². The van der Waals surface area contributed by atoms with E-state index in [0.29, 0.717) is 34.9 Å². The van der Waals surface area contributed by atoms with Gasteiger partial charge in [0.2, 0.25) is 0 Å². The molecule has 7 heteroatoms. The molecule has 3 aromatic rings. The lowest BCUT2D eigenvalue weighted by molar-refractivity contribution is -0.0465. The summed E-state index contributed by atoms with van der Waals surface area (Å²) in [5.41, 5.74) is 1.17. The van der Waals surface area contributed by atoms with E-state index in [1.165, 1.54) is 0 Å². The van der Waals surface area contributed by atoms with Crippen molar-refractivity contribution >= 4 is 23.0 Å². The van der Waals surface area contributed by atoms with Crippen molar-refractivity contribution < 1.29 is 19.1 Å². The van der Waals surface area contributed by atoms with Crippen LogP contribution in [0.3, 0.4) is 0 Å². The molecule has 0 aliphatic heterocycles. The SMILES string of the molecule is CCC(C)(C)OCCC(C)(CC)Oc1ccc(C(=O)Nc2ccc3nc(C(=O)C(C)(C)C)cn3c2)cc1. The number of pyridine rings is 1. The van der Waals surface area contributed by atoms with Crippen LogP contribution in [0.1, 0.15) is 95.5 Å². The van der Waals surface area contributed by atoms with Crippen LogP contribution in [0.4, 0.5) is 5.69 Å². The maximum absolute atomic E-state index is 12.9. The number of carbonyl (C=O) groups excluding carboxylic acids is 2. The second-order valence-electron chi connectivity index (χ2n) is 11.5. The fourth-order valence-electron chi connectivity index (χ4n) is 3.67. The molecule has 1 amide bonds. The highest BCUT2D eigenvalue weighted by Crippen LogP contribution is 2.27. The Morgan fingerprint density at radius 3 is 2.19 bits per heavy atom. The number of hydrogen-bond acceptors (Lipinski definition) is 5. The number of fused-ring (bicyclic) bond motifs is 1. The first-order valence-corrected chi connectivity index (χ1v) is 13.0. The molecule has 0 aliphatic carbocycles. The number of rotatable bonds is 11. The highest BCUT2D eigenvalue weighted by Gasteiger charge is 2.27. The van der Waals surface area contributed by atoms with Gasteiger partial charge in [0.25, 0.3) is 5.91 Å². The quantitative estimate of drug-likeness (QED) is 0.284. The fourth-order valence-corrected chi connectivity index (χ4v) is 3.67. The Morgan fingerprint density at radius 2 is 1.59 bits per heavy atom. The van der Waals surface area contributed by atoms with E-state index in [9.17, 15) is 9.59 Å². The summed E-state index contributed by atoms with van der Waals surface area (Å²) in [6.07, 6.45) is 6.02. The van der Waals surface area contributed by atoms with E-state index in [4.69, 9.17) is 9.47 Å². The van der Waals surface area contributed by atoms with Gasteiger partial charge in [-0.05, 0) is 70.0 Å². The van der Waals surface area contributed by atoms with Crippen LogP contribution in [0.5, 0.6) is 5.75 Å². The Kier molecular flexibility index (Phi) is 8.48. The van der Waals surface area contributed by atoms with Crippen LogP contribution in [-0.2, 0) is 4.74 Å². The van der Waals surface area contributed by atoms with Crippen LogP contribution in [0.15, 0.2) is 48.8 Å². The predicted octanol–water partition coefficient (Wildman–Crippen LogP) is 6.96. The third-order valence-electron chi connectivity index (χ3n) is 6.83. The lowest BCUT2D eigenvalue weighted by Crippen LogP contribution is -2.35. The highest BCUT2D eigenvalue weighted by atomic mass is 16.5. The minimum atomic E-state index is -0.515. The predicted molar refractivity (Wildman–Crippen MR) is 148 cm³/mol. The molecule has 7 nitrogen and oxygen atoms in total. The van der Waals surface area contributed by atoms with Crippen molar-refractivity contribution in [1.29, 1.82) is 0 Å². The Balaban J connectivity index is 1.64. The number of hydrogen-bond donors (Lipinski definition) is 1. The average molecular weight is 508 g/mol. The molecule has 0 saturated heterocycles. The molecular weight excluding hydrogens is 466 g/mol. The van der Waals surface area contributed by atoms with E-state index in [1.54, 1.807) is 41.1 Å². The minimum absolute atomic E-state index is 0.0272. The van der Waals surface area contributed by atoms with Gasteiger partial charge in [-0.1, -0.05) is 34.6 Å². The van der Waals surface area contributed by atoms with Crippen LogP contribution in [0.2, 0.25) is 0 Å². The summed E-state index contributed by atoms with van der Waals surface area (Å²) in [6.45, 7) is 16.7. The van der Waals surface area contributed by atoms with Gasteiger partial charge in [0.15, 0.2) is 5.78 Å². The molecule has 0 radical (unpaired) electrons. The number of ketones is 1. The fraction of sp³-hybridized carbons (Fsp3) is 0.500. The molecule has 3 rings (SSSR count). The first-order chi connectivity index (χ1) is 17.2. The number of imidazole rings is 1. The maximum Gasteiger partial charge on any atom is 0.255 e. The van der Waals surface area contributed by atoms with Crippen molar-refractivity contribution in [1.82, 2.24) is 9.38 Å². The molecule has 1 atom stereocenters. The van der Waals surface area contributed by atoms with Gasteiger partial charge in [-0.3, -0.25) is 9.59 Å². The zero-order valence-electron chi connectivity index (χ0n) is 23.5. The number of nitrogens with zero attached hydrogens (tertiary/aromatic N) is 2. The number of ether oxygens (including phenoxy) is 2. The molecule has 0 saturated carbocycles. The lowest BCUT2D eigenvalue weighted by atomic mass is 9.89. The summed E-state index contributed by atoms with van der Waals surface area (Å²) in [7, 11) is 0. The van der Waals surface area contributed by atoms with Crippen molar-refractivity contribution in [3.8, 4) is 5.75 Å². The van der Waals surface area contributed by atoms with Crippen molar-refractivity contribution in [2.45, 2.75) is 85.9 Å². The van der Waals surface area contributed by atoms with Crippen molar-refractivity contribution in [2.75, 3.05) is 11.9 Å².